The maximum absolute atomic E-state index is 11.9. The van der Waals surface area contributed by atoms with E-state index in [4.69, 9.17) is 0 Å². The largest absolute Gasteiger partial charge is 0.359 e. The first-order valence-corrected chi connectivity index (χ1v) is 8.89. The van der Waals surface area contributed by atoms with Crippen LogP contribution in [0.15, 0.2) is 29.3 Å². The Hall–Kier alpha value is -1.84. The van der Waals surface area contributed by atoms with Crippen molar-refractivity contribution in [1.29, 1.82) is 0 Å². The summed E-state index contributed by atoms with van der Waals surface area (Å²) in [5.41, 5.74) is 1.15. The van der Waals surface area contributed by atoms with E-state index >= 15 is 0 Å². The molecular weight excluding hydrogens is 457 g/mol. The molecule has 0 bridgehead atoms. The summed E-state index contributed by atoms with van der Waals surface area (Å²) >= 11 is 0. The van der Waals surface area contributed by atoms with Crippen LogP contribution in [-0.4, -0.2) is 51.5 Å². The van der Waals surface area contributed by atoms with Crippen molar-refractivity contribution in [1.82, 2.24) is 21.3 Å². The van der Waals surface area contributed by atoms with Crippen LogP contribution < -0.4 is 21.3 Å². The van der Waals surface area contributed by atoms with Crippen molar-refractivity contribution in [2.24, 2.45) is 10.4 Å². The number of nitrogens with zero attached hydrogens (tertiary/aromatic N) is 1. The van der Waals surface area contributed by atoms with Crippen LogP contribution in [0.2, 0.25) is 0 Å². The molecule has 4 N–H and O–H groups in total. The molecule has 0 fully saturated rings. The predicted octanol–water partition coefficient (Wildman–Crippen LogP) is 1.53. The van der Waals surface area contributed by atoms with Crippen LogP contribution in [-0.2, 0) is 11.2 Å². The lowest BCUT2D eigenvalue weighted by Crippen LogP contribution is -2.41. The fourth-order valence-corrected chi connectivity index (χ4v) is 2.37. The number of hydrogen-bond donors (Lipinski definition) is 4. The molecule has 27 heavy (non-hydrogen) atoms. The number of guanidine groups is 1. The molecule has 0 radical (unpaired) electrons. The molecule has 0 aromatic heterocycles. The highest BCUT2D eigenvalue weighted by molar-refractivity contribution is 14.0. The molecule has 0 saturated carbocycles. The topological polar surface area (TPSA) is 94.6 Å². The lowest BCUT2D eigenvalue weighted by atomic mass is 9.93. The minimum absolute atomic E-state index is 0. The maximum atomic E-state index is 11.9. The van der Waals surface area contributed by atoms with Gasteiger partial charge in [0.25, 0.3) is 5.91 Å². The smallest absolute Gasteiger partial charge is 0.251 e. The number of halogens is 1. The molecule has 0 spiro atoms. The Balaban J connectivity index is 0.00000676. The molecule has 0 aliphatic rings. The van der Waals surface area contributed by atoms with E-state index in [2.05, 4.69) is 26.3 Å². The van der Waals surface area contributed by atoms with E-state index in [1.54, 1.807) is 20.2 Å². The van der Waals surface area contributed by atoms with Crippen LogP contribution in [0, 0.1) is 5.41 Å². The van der Waals surface area contributed by atoms with Gasteiger partial charge in [-0.3, -0.25) is 14.6 Å². The first-order valence-electron chi connectivity index (χ1n) is 8.89. The van der Waals surface area contributed by atoms with Crippen LogP contribution in [0.3, 0.4) is 0 Å². The molecule has 1 aromatic carbocycles. The van der Waals surface area contributed by atoms with Crippen LogP contribution in [0.5, 0.6) is 0 Å². The first-order chi connectivity index (χ1) is 12.3. The van der Waals surface area contributed by atoms with Crippen molar-refractivity contribution in [3.8, 4) is 0 Å². The summed E-state index contributed by atoms with van der Waals surface area (Å²) in [6, 6.07) is 7.55. The lowest BCUT2D eigenvalue weighted by Gasteiger charge is -2.21. The number of nitrogens with one attached hydrogen (secondary N) is 4. The molecule has 0 atom stereocenters. The third kappa shape index (κ3) is 8.59. The summed E-state index contributed by atoms with van der Waals surface area (Å²) in [5.74, 6) is 0.543. The van der Waals surface area contributed by atoms with Gasteiger partial charge in [-0.05, 0) is 44.9 Å². The van der Waals surface area contributed by atoms with Gasteiger partial charge < -0.3 is 21.3 Å². The van der Waals surface area contributed by atoms with Crippen LogP contribution in [0.1, 0.15) is 36.7 Å². The van der Waals surface area contributed by atoms with Gasteiger partial charge in [0.05, 0.1) is 12.0 Å². The van der Waals surface area contributed by atoms with Crippen molar-refractivity contribution in [3.05, 3.63) is 35.4 Å². The summed E-state index contributed by atoms with van der Waals surface area (Å²) in [6.45, 7) is 7.51. The Morgan fingerprint density at radius 2 is 1.81 bits per heavy atom. The normalized spacial score (nSPS) is 11.2. The maximum Gasteiger partial charge on any atom is 0.251 e. The van der Waals surface area contributed by atoms with Crippen molar-refractivity contribution in [2.45, 2.75) is 27.2 Å². The number of amides is 2. The first kappa shape index (κ1) is 25.2. The number of aliphatic imine (C=N–C) groups is 1. The van der Waals surface area contributed by atoms with Gasteiger partial charge in [-0.25, -0.2) is 0 Å². The summed E-state index contributed by atoms with van der Waals surface area (Å²) in [6.07, 6.45) is 0.758. The van der Waals surface area contributed by atoms with E-state index in [1.807, 2.05) is 39.0 Å². The summed E-state index contributed by atoms with van der Waals surface area (Å²) in [4.78, 5) is 28.1. The Morgan fingerprint density at radius 1 is 1.11 bits per heavy atom. The molecule has 0 aliphatic heterocycles. The minimum Gasteiger partial charge on any atom is -0.359 e. The molecule has 7 nitrogen and oxygen atoms in total. The summed E-state index contributed by atoms with van der Waals surface area (Å²) < 4.78 is 0. The van der Waals surface area contributed by atoms with Crippen LogP contribution in [0.25, 0.3) is 0 Å². The molecular formula is C19H32IN5O2. The summed E-state index contributed by atoms with van der Waals surface area (Å²) in [7, 11) is 3.25. The highest BCUT2D eigenvalue weighted by Gasteiger charge is 2.26. The SMILES string of the molecule is CCNC(=NCC(C)(C)C(=O)NC)NCCc1cccc(C(=O)NC)c1.I. The Bertz CT molecular complexity index is 647. The molecule has 152 valence electrons. The Labute approximate surface area is 179 Å². The Kier molecular flexibility index (Phi) is 11.7. The van der Waals surface area contributed by atoms with E-state index < -0.39 is 5.41 Å². The van der Waals surface area contributed by atoms with Crippen LogP contribution in [0.4, 0.5) is 0 Å². The lowest BCUT2D eigenvalue weighted by molar-refractivity contribution is -0.128. The number of hydrogen-bond acceptors (Lipinski definition) is 3. The molecule has 2 amide bonds. The molecule has 0 heterocycles. The van der Waals surface area contributed by atoms with E-state index in [-0.39, 0.29) is 35.8 Å². The van der Waals surface area contributed by atoms with Gasteiger partial charge in [-0.2, -0.15) is 0 Å². The third-order valence-corrected chi connectivity index (χ3v) is 3.94. The second kappa shape index (κ2) is 12.5. The average molecular weight is 489 g/mol. The van der Waals surface area contributed by atoms with Crippen molar-refractivity contribution < 1.29 is 9.59 Å². The fraction of sp³-hybridized carbons (Fsp3) is 0.526. The van der Waals surface area contributed by atoms with E-state index in [0.29, 0.717) is 24.6 Å². The average Bonchev–Trinajstić information content (AvgIpc) is 2.64. The quantitative estimate of drug-likeness (QED) is 0.253. The third-order valence-electron chi connectivity index (χ3n) is 3.94. The number of carbonyl (C=O) groups is 2. The summed E-state index contributed by atoms with van der Waals surface area (Å²) in [5, 5.41) is 11.7. The molecule has 0 aliphatic carbocycles. The van der Waals surface area contributed by atoms with E-state index in [0.717, 1.165) is 18.5 Å². The molecule has 8 heteroatoms. The number of benzene rings is 1. The standard InChI is InChI=1S/C19H31N5O2.HI/c1-6-22-18(24-13-19(2,3)17(26)21-5)23-11-10-14-8-7-9-15(12-14)16(25)20-4;/h7-9,12H,6,10-11,13H2,1-5H3,(H,20,25)(H,21,26)(H2,22,23,24);1H. The molecule has 0 saturated heterocycles. The monoisotopic (exact) mass is 489 g/mol. The second-order valence-corrected chi connectivity index (χ2v) is 6.61. The number of rotatable bonds is 8. The molecule has 1 rings (SSSR count). The zero-order valence-corrected chi connectivity index (χ0v) is 19.1. The zero-order valence-electron chi connectivity index (χ0n) is 16.8. The van der Waals surface area contributed by atoms with E-state index in [9.17, 15) is 9.59 Å². The van der Waals surface area contributed by atoms with Gasteiger partial charge in [0.1, 0.15) is 0 Å². The molecule has 0 unspecified atom stereocenters. The number of carbonyl (C=O) groups excluding carboxylic acids is 2. The van der Waals surface area contributed by atoms with Crippen molar-refractivity contribution >= 4 is 41.8 Å². The second-order valence-electron chi connectivity index (χ2n) is 6.61. The fourth-order valence-electron chi connectivity index (χ4n) is 2.37. The van der Waals surface area contributed by atoms with Crippen molar-refractivity contribution in [3.63, 3.8) is 0 Å². The molecule has 1 aromatic rings. The van der Waals surface area contributed by atoms with Gasteiger partial charge in [0.15, 0.2) is 5.96 Å². The van der Waals surface area contributed by atoms with Crippen molar-refractivity contribution in [2.75, 3.05) is 33.7 Å². The van der Waals surface area contributed by atoms with Gasteiger partial charge in [-0.15, -0.1) is 24.0 Å². The van der Waals surface area contributed by atoms with Gasteiger partial charge in [0, 0.05) is 32.7 Å². The predicted molar refractivity (Wildman–Crippen MR) is 121 cm³/mol. The highest BCUT2D eigenvalue weighted by atomic mass is 127. The van der Waals surface area contributed by atoms with E-state index in [1.165, 1.54) is 0 Å². The van der Waals surface area contributed by atoms with Gasteiger partial charge in [-0.1, -0.05) is 12.1 Å². The zero-order chi connectivity index (χ0) is 19.6. The van der Waals surface area contributed by atoms with Gasteiger partial charge >= 0.3 is 0 Å². The Morgan fingerprint density at radius 3 is 2.41 bits per heavy atom. The minimum atomic E-state index is -0.570. The van der Waals surface area contributed by atoms with Crippen LogP contribution >= 0.6 is 24.0 Å². The highest BCUT2D eigenvalue weighted by Crippen LogP contribution is 2.15. The van der Waals surface area contributed by atoms with Gasteiger partial charge in [0.2, 0.25) is 5.91 Å².